The molecule has 0 unspecified atom stereocenters. The molecule has 0 fully saturated rings. The van der Waals surface area contributed by atoms with E-state index in [4.69, 9.17) is 5.11 Å². The van der Waals surface area contributed by atoms with Crippen molar-refractivity contribution >= 4 is 11.7 Å². The number of carbonyl (C=O) groups is 1. The number of hydrogen-bond donors (Lipinski definition) is 1. The summed E-state index contributed by atoms with van der Waals surface area (Å²) in [6, 6.07) is 7.53. The number of hydrogen-bond acceptors (Lipinski definition) is 2. The first kappa shape index (κ1) is 12.6. The SMILES string of the molecule is CC[C@H](C(=O)O)N(CC)c1ccc(C)cc1. The van der Waals surface area contributed by atoms with Crippen molar-refractivity contribution in [3.05, 3.63) is 29.8 Å². The van der Waals surface area contributed by atoms with E-state index in [9.17, 15) is 4.79 Å². The Morgan fingerprint density at radius 3 is 2.25 bits per heavy atom. The Labute approximate surface area is 96.7 Å². The minimum absolute atomic E-state index is 0.437. The van der Waals surface area contributed by atoms with E-state index < -0.39 is 12.0 Å². The maximum absolute atomic E-state index is 11.1. The van der Waals surface area contributed by atoms with Crippen molar-refractivity contribution in [1.29, 1.82) is 0 Å². The van der Waals surface area contributed by atoms with Crippen LogP contribution >= 0.6 is 0 Å². The van der Waals surface area contributed by atoms with Gasteiger partial charge in [0.1, 0.15) is 6.04 Å². The third-order valence-electron chi connectivity index (χ3n) is 2.75. The predicted octanol–water partition coefficient (Wildman–Crippen LogP) is 2.68. The molecule has 0 aromatic heterocycles. The molecule has 1 atom stereocenters. The summed E-state index contributed by atoms with van der Waals surface area (Å²) in [5.74, 6) is -0.759. The first-order chi connectivity index (χ1) is 7.60. The lowest BCUT2D eigenvalue weighted by Crippen LogP contribution is -2.40. The van der Waals surface area contributed by atoms with Gasteiger partial charge in [-0.25, -0.2) is 4.79 Å². The van der Waals surface area contributed by atoms with E-state index in [1.807, 2.05) is 49.9 Å². The molecule has 3 nitrogen and oxygen atoms in total. The summed E-state index contributed by atoms with van der Waals surface area (Å²) in [5, 5.41) is 9.15. The molecule has 0 spiro atoms. The van der Waals surface area contributed by atoms with Crippen LogP contribution < -0.4 is 4.90 Å². The molecule has 1 rings (SSSR count). The summed E-state index contributed by atoms with van der Waals surface area (Å²) in [6.45, 7) is 6.60. The lowest BCUT2D eigenvalue weighted by molar-refractivity contribution is -0.138. The topological polar surface area (TPSA) is 40.5 Å². The fraction of sp³-hybridized carbons (Fsp3) is 0.462. The second-order valence-corrected chi connectivity index (χ2v) is 3.88. The number of likely N-dealkylation sites (N-methyl/N-ethyl adjacent to an activating group) is 1. The van der Waals surface area contributed by atoms with Crippen LogP contribution in [0.5, 0.6) is 0 Å². The summed E-state index contributed by atoms with van der Waals surface area (Å²) < 4.78 is 0. The second-order valence-electron chi connectivity index (χ2n) is 3.88. The Morgan fingerprint density at radius 1 is 1.31 bits per heavy atom. The van der Waals surface area contributed by atoms with Gasteiger partial charge in [-0.2, -0.15) is 0 Å². The summed E-state index contributed by atoms with van der Waals surface area (Å²) in [4.78, 5) is 13.0. The van der Waals surface area contributed by atoms with Gasteiger partial charge in [-0.3, -0.25) is 0 Å². The molecular weight excluding hydrogens is 202 g/mol. The van der Waals surface area contributed by atoms with Crippen LogP contribution in [-0.4, -0.2) is 23.7 Å². The maximum Gasteiger partial charge on any atom is 0.326 e. The molecule has 1 aromatic rings. The molecule has 0 radical (unpaired) electrons. The van der Waals surface area contributed by atoms with E-state index in [1.165, 1.54) is 5.56 Å². The summed E-state index contributed by atoms with van der Waals surface area (Å²) in [5.41, 5.74) is 2.16. The number of anilines is 1. The lowest BCUT2D eigenvalue weighted by atomic mass is 10.1. The number of aliphatic carboxylic acids is 1. The molecule has 16 heavy (non-hydrogen) atoms. The molecule has 1 N–H and O–H groups in total. The first-order valence-electron chi connectivity index (χ1n) is 5.66. The zero-order chi connectivity index (χ0) is 12.1. The van der Waals surface area contributed by atoms with Gasteiger partial charge < -0.3 is 10.0 Å². The maximum atomic E-state index is 11.1. The van der Waals surface area contributed by atoms with Crippen LogP contribution in [0.25, 0.3) is 0 Å². The van der Waals surface area contributed by atoms with Crippen LogP contribution in [0, 0.1) is 6.92 Å². The molecule has 1 aromatic carbocycles. The van der Waals surface area contributed by atoms with Gasteiger partial charge in [-0.15, -0.1) is 0 Å². The van der Waals surface area contributed by atoms with Gasteiger partial charge in [0, 0.05) is 12.2 Å². The molecule has 0 saturated heterocycles. The molecule has 0 saturated carbocycles. The van der Waals surface area contributed by atoms with Crippen LogP contribution in [0.3, 0.4) is 0 Å². The Morgan fingerprint density at radius 2 is 1.88 bits per heavy atom. The number of carboxylic acid groups (broad SMARTS) is 1. The van der Waals surface area contributed by atoms with Crippen molar-refractivity contribution in [3.8, 4) is 0 Å². The minimum Gasteiger partial charge on any atom is -0.480 e. The number of nitrogens with zero attached hydrogens (tertiary/aromatic N) is 1. The van der Waals surface area contributed by atoms with Gasteiger partial charge in [-0.1, -0.05) is 24.6 Å². The predicted molar refractivity (Wildman–Crippen MR) is 65.9 cm³/mol. The molecule has 0 aliphatic carbocycles. The average Bonchev–Trinajstić information content (AvgIpc) is 2.26. The van der Waals surface area contributed by atoms with Crippen LogP contribution in [0.1, 0.15) is 25.8 Å². The third-order valence-corrected chi connectivity index (χ3v) is 2.75. The monoisotopic (exact) mass is 221 g/mol. The molecule has 3 heteroatoms. The molecule has 0 amide bonds. The Kier molecular flexibility index (Phi) is 4.35. The van der Waals surface area contributed by atoms with E-state index in [-0.39, 0.29) is 0 Å². The van der Waals surface area contributed by atoms with Crippen LogP contribution in [0.15, 0.2) is 24.3 Å². The first-order valence-corrected chi connectivity index (χ1v) is 5.66. The Hall–Kier alpha value is -1.51. The van der Waals surface area contributed by atoms with Crippen LogP contribution in [0.4, 0.5) is 5.69 Å². The highest BCUT2D eigenvalue weighted by atomic mass is 16.4. The van der Waals surface area contributed by atoms with E-state index >= 15 is 0 Å². The van der Waals surface area contributed by atoms with Crippen molar-refractivity contribution < 1.29 is 9.90 Å². The van der Waals surface area contributed by atoms with Crippen LogP contribution in [0.2, 0.25) is 0 Å². The molecule has 0 heterocycles. The largest absolute Gasteiger partial charge is 0.480 e. The Balaban J connectivity index is 2.96. The highest BCUT2D eigenvalue weighted by Crippen LogP contribution is 2.19. The highest BCUT2D eigenvalue weighted by Gasteiger charge is 2.22. The van der Waals surface area contributed by atoms with Crippen molar-refractivity contribution in [1.82, 2.24) is 0 Å². The lowest BCUT2D eigenvalue weighted by Gasteiger charge is -2.29. The Bertz CT molecular complexity index is 345. The minimum atomic E-state index is -0.759. The summed E-state index contributed by atoms with van der Waals surface area (Å²) in [7, 11) is 0. The van der Waals surface area contributed by atoms with E-state index in [2.05, 4.69) is 0 Å². The summed E-state index contributed by atoms with van der Waals surface area (Å²) in [6.07, 6.45) is 0.608. The molecule has 88 valence electrons. The zero-order valence-corrected chi connectivity index (χ0v) is 10.1. The molecular formula is C13H19NO2. The fourth-order valence-electron chi connectivity index (χ4n) is 1.85. The van der Waals surface area contributed by atoms with Gasteiger partial charge in [-0.05, 0) is 32.4 Å². The fourth-order valence-corrected chi connectivity index (χ4v) is 1.85. The van der Waals surface area contributed by atoms with Gasteiger partial charge in [0.2, 0.25) is 0 Å². The van der Waals surface area contributed by atoms with E-state index in [0.717, 1.165) is 5.69 Å². The standard InChI is InChI=1S/C13H19NO2/c1-4-12(13(15)16)14(5-2)11-8-6-10(3)7-9-11/h6-9,12H,4-5H2,1-3H3,(H,15,16)/t12-/m1/s1. The third kappa shape index (κ3) is 2.75. The van der Waals surface area contributed by atoms with Gasteiger partial charge in [0.25, 0.3) is 0 Å². The van der Waals surface area contributed by atoms with E-state index in [0.29, 0.717) is 13.0 Å². The molecule has 0 aliphatic heterocycles. The quantitative estimate of drug-likeness (QED) is 0.831. The number of carboxylic acids is 1. The van der Waals surface area contributed by atoms with Crippen molar-refractivity contribution in [2.24, 2.45) is 0 Å². The highest BCUT2D eigenvalue weighted by molar-refractivity contribution is 5.78. The second kappa shape index (κ2) is 5.54. The number of rotatable bonds is 5. The van der Waals surface area contributed by atoms with Crippen molar-refractivity contribution in [2.45, 2.75) is 33.2 Å². The van der Waals surface area contributed by atoms with Gasteiger partial charge in [0.05, 0.1) is 0 Å². The van der Waals surface area contributed by atoms with E-state index in [1.54, 1.807) is 0 Å². The zero-order valence-electron chi connectivity index (χ0n) is 10.1. The van der Waals surface area contributed by atoms with Crippen molar-refractivity contribution in [2.75, 3.05) is 11.4 Å². The van der Waals surface area contributed by atoms with Crippen LogP contribution in [-0.2, 0) is 4.79 Å². The summed E-state index contributed by atoms with van der Waals surface area (Å²) >= 11 is 0. The average molecular weight is 221 g/mol. The normalized spacial score (nSPS) is 12.2. The molecule has 0 bridgehead atoms. The van der Waals surface area contributed by atoms with Gasteiger partial charge >= 0.3 is 5.97 Å². The smallest absolute Gasteiger partial charge is 0.326 e. The molecule has 0 aliphatic rings. The van der Waals surface area contributed by atoms with Gasteiger partial charge in [0.15, 0.2) is 0 Å². The number of aryl methyl sites for hydroxylation is 1. The van der Waals surface area contributed by atoms with Crippen molar-refractivity contribution in [3.63, 3.8) is 0 Å². The number of benzene rings is 1.